The molecule has 1 aromatic carbocycles. The summed E-state index contributed by atoms with van der Waals surface area (Å²) in [4.78, 5) is 8.17. The highest BCUT2D eigenvalue weighted by Gasteiger charge is 2.09. The van der Waals surface area contributed by atoms with Gasteiger partial charge >= 0.3 is 0 Å². The van der Waals surface area contributed by atoms with E-state index in [9.17, 15) is 0 Å². The predicted molar refractivity (Wildman–Crippen MR) is 84.9 cm³/mol. The second-order valence-electron chi connectivity index (χ2n) is 3.90. The van der Waals surface area contributed by atoms with E-state index in [4.69, 9.17) is 28.9 Å². The van der Waals surface area contributed by atoms with Crippen molar-refractivity contribution in [2.45, 2.75) is 0 Å². The first kappa shape index (κ1) is 14.4. The second kappa shape index (κ2) is 6.45. The minimum absolute atomic E-state index is 0.403. The molecule has 5 nitrogen and oxygen atoms in total. The summed E-state index contributed by atoms with van der Waals surface area (Å²) in [5.41, 5.74) is 7.06. The van der Waals surface area contributed by atoms with Gasteiger partial charge in [0, 0.05) is 11.6 Å². The van der Waals surface area contributed by atoms with Gasteiger partial charge in [-0.05, 0) is 18.2 Å². The van der Waals surface area contributed by atoms with Crippen molar-refractivity contribution in [3.8, 4) is 0 Å². The highest BCUT2D eigenvalue weighted by Crippen LogP contribution is 2.31. The van der Waals surface area contributed by atoms with Gasteiger partial charge < -0.3 is 16.4 Å². The molecule has 0 bridgehead atoms. The first-order chi connectivity index (χ1) is 9.61. The smallest absolute Gasteiger partial charge is 0.159 e. The van der Waals surface area contributed by atoms with E-state index in [0.29, 0.717) is 39.6 Å². The molecule has 0 aliphatic carbocycles. The molecule has 0 aliphatic heterocycles. The normalized spacial score (nSPS) is 10.1. The van der Waals surface area contributed by atoms with Crippen LogP contribution in [0.1, 0.15) is 0 Å². The Bertz CT molecular complexity index is 630. The van der Waals surface area contributed by atoms with Gasteiger partial charge in [-0.15, -0.1) is 6.58 Å². The van der Waals surface area contributed by atoms with Crippen LogP contribution in [0.4, 0.5) is 23.0 Å². The molecule has 2 rings (SSSR count). The molecule has 104 valence electrons. The third-order valence-corrected chi connectivity index (χ3v) is 3.03. The summed E-state index contributed by atoms with van der Waals surface area (Å²) in [6.07, 6.45) is 3.12. The SMILES string of the molecule is C=CCNc1ncnc(Nc2ccc(Cl)cc2Cl)c1N. The fourth-order valence-corrected chi connectivity index (χ4v) is 1.98. The van der Waals surface area contributed by atoms with Crippen molar-refractivity contribution in [1.82, 2.24) is 9.97 Å². The van der Waals surface area contributed by atoms with Gasteiger partial charge in [-0.25, -0.2) is 9.97 Å². The largest absolute Gasteiger partial charge is 0.393 e. The van der Waals surface area contributed by atoms with Crippen molar-refractivity contribution in [3.63, 3.8) is 0 Å². The molecule has 20 heavy (non-hydrogen) atoms. The fourth-order valence-electron chi connectivity index (χ4n) is 1.52. The van der Waals surface area contributed by atoms with E-state index in [1.54, 1.807) is 24.3 Å². The monoisotopic (exact) mass is 309 g/mol. The number of nitrogens with zero attached hydrogens (tertiary/aromatic N) is 2. The molecule has 4 N–H and O–H groups in total. The van der Waals surface area contributed by atoms with Gasteiger partial charge in [-0.3, -0.25) is 0 Å². The Balaban J connectivity index is 2.27. The maximum atomic E-state index is 6.10. The number of anilines is 4. The van der Waals surface area contributed by atoms with Gasteiger partial charge in [0.1, 0.15) is 12.0 Å². The van der Waals surface area contributed by atoms with Crippen LogP contribution in [0.2, 0.25) is 10.0 Å². The van der Waals surface area contributed by atoms with Crippen molar-refractivity contribution >= 4 is 46.2 Å². The Morgan fingerprint density at radius 3 is 2.70 bits per heavy atom. The second-order valence-corrected chi connectivity index (χ2v) is 4.75. The molecule has 0 unspecified atom stereocenters. The third-order valence-electron chi connectivity index (χ3n) is 2.48. The quantitative estimate of drug-likeness (QED) is 0.734. The number of benzene rings is 1. The Morgan fingerprint density at radius 2 is 2.00 bits per heavy atom. The average molecular weight is 310 g/mol. The number of aromatic nitrogens is 2. The Labute approximate surface area is 126 Å². The van der Waals surface area contributed by atoms with Crippen LogP contribution in [0.3, 0.4) is 0 Å². The molecule has 0 radical (unpaired) electrons. The van der Waals surface area contributed by atoms with E-state index in [2.05, 4.69) is 27.2 Å². The summed E-state index contributed by atoms with van der Waals surface area (Å²) in [5, 5.41) is 7.12. The topological polar surface area (TPSA) is 75.9 Å². The summed E-state index contributed by atoms with van der Waals surface area (Å²) in [7, 11) is 0. The molecule has 7 heteroatoms. The molecule has 0 saturated carbocycles. The molecule has 1 heterocycles. The lowest BCUT2D eigenvalue weighted by Gasteiger charge is -2.12. The lowest BCUT2D eigenvalue weighted by molar-refractivity contribution is 1.14. The number of rotatable bonds is 5. The molecule has 0 saturated heterocycles. The van der Waals surface area contributed by atoms with Crippen LogP contribution in [0, 0.1) is 0 Å². The van der Waals surface area contributed by atoms with Gasteiger partial charge in [0.2, 0.25) is 0 Å². The number of halogens is 2. The average Bonchev–Trinajstić information content (AvgIpc) is 2.42. The lowest BCUT2D eigenvalue weighted by Crippen LogP contribution is -2.08. The number of nitrogen functional groups attached to an aromatic ring is 1. The first-order valence-electron chi connectivity index (χ1n) is 5.79. The minimum atomic E-state index is 0.403. The standard InChI is InChI=1S/C13H13Cl2N5/c1-2-5-17-12-11(16)13(19-7-18-12)20-10-4-3-8(14)6-9(10)15/h2-4,6-7H,1,5,16H2,(H2,17,18,19,20). The Kier molecular flexibility index (Phi) is 4.65. The summed E-state index contributed by atoms with van der Waals surface area (Å²) in [6.45, 7) is 4.18. The minimum Gasteiger partial charge on any atom is -0.393 e. The van der Waals surface area contributed by atoms with Gasteiger partial charge in [-0.2, -0.15) is 0 Å². The van der Waals surface area contributed by atoms with Gasteiger partial charge in [0.25, 0.3) is 0 Å². The zero-order valence-electron chi connectivity index (χ0n) is 10.5. The van der Waals surface area contributed by atoms with Crippen molar-refractivity contribution < 1.29 is 0 Å². The molecule has 2 aromatic rings. The van der Waals surface area contributed by atoms with Crippen LogP contribution in [-0.4, -0.2) is 16.5 Å². The number of hydrogen-bond acceptors (Lipinski definition) is 5. The van der Waals surface area contributed by atoms with Crippen molar-refractivity contribution in [1.29, 1.82) is 0 Å². The van der Waals surface area contributed by atoms with Crippen LogP contribution >= 0.6 is 23.2 Å². The van der Waals surface area contributed by atoms with Crippen LogP contribution in [0.15, 0.2) is 37.2 Å². The molecule has 1 aromatic heterocycles. The third kappa shape index (κ3) is 3.31. The van der Waals surface area contributed by atoms with Gasteiger partial charge in [0.15, 0.2) is 11.6 Å². The molecular weight excluding hydrogens is 297 g/mol. The van der Waals surface area contributed by atoms with Crippen LogP contribution in [-0.2, 0) is 0 Å². The highest BCUT2D eigenvalue weighted by atomic mass is 35.5. The predicted octanol–water partition coefficient (Wildman–Crippen LogP) is 3.71. The molecule has 0 atom stereocenters. The molecule has 0 spiro atoms. The highest BCUT2D eigenvalue weighted by molar-refractivity contribution is 6.36. The van der Waals surface area contributed by atoms with Crippen LogP contribution < -0.4 is 16.4 Å². The Morgan fingerprint density at radius 1 is 1.25 bits per heavy atom. The zero-order valence-corrected chi connectivity index (χ0v) is 12.0. The van der Waals surface area contributed by atoms with Crippen LogP contribution in [0.25, 0.3) is 0 Å². The Hall–Kier alpha value is -1.98. The summed E-state index contributed by atoms with van der Waals surface area (Å²) in [6, 6.07) is 5.12. The zero-order chi connectivity index (χ0) is 14.5. The molecule has 0 amide bonds. The summed E-state index contributed by atoms with van der Waals surface area (Å²) >= 11 is 11.9. The van der Waals surface area contributed by atoms with Gasteiger partial charge in [0.05, 0.1) is 10.7 Å². The molecule has 0 fully saturated rings. The number of nitrogens with one attached hydrogen (secondary N) is 2. The fraction of sp³-hybridized carbons (Fsp3) is 0.0769. The lowest BCUT2D eigenvalue weighted by atomic mass is 10.3. The maximum Gasteiger partial charge on any atom is 0.159 e. The van der Waals surface area contributed by atoms with E-state index >= 15 is 0 Å². The van der Waals surface area contributed by atoms with E-state index in [1.165, 1.54) is 6.33 Å². The van der Waals surface area contributed by atoms with Crippen molar-refractivity contribution in [3.05, 3.63) is 47.2 Å². The van der Waals surface area contributed by atoms with Gasteiger partial charge in [-0.1, -0.05) is 29.3 Å². The summed E-state index contributed by atoms with van der Waals surface area (Å²) < 4.78 is 0. The van der Waals surface area contributed by atoms with Crippen molar-refractivity contribution in [2.24, 2.45) is 0 Å². The summed E-state index contributed by atoms with van der Waals surface area (Å²) in [5.74, 6) is 1.00. The molecular formula is C13H13Cl2N5. The van der Waals surface area contributed by atoms with E-state index in [0.717, 1.165) is 0 Å². The van der Waals surface area contributed by atoms with E-state index in [-0.39, 0.29) is 0 Å². The maximum absolute atomic E-state index is 6.10. The number of nitrogens with two attached hydrogens (primary N) is 1. The van der Waals surface area contributed by atoms with E-state index < -0.39 is 0 Å². The first-order valence-corrected chi connectivity index (χ1v) is 6.54. The molecule has 0 aliphatic rings. The number of hydrogen-bond donors (Lipinski definition) is 3. The van der Waals surface area contributed by atoms with E-state index in [1.807, 2.05) is 0 Å². The van der Waals surface area contributed by atoms with Crippen LogP contribution in [0.5, 0.6) is 0 Å². The van der Waals surface area contributed by atoms with Crippen molar-refractivity contribution in [2.75, 3.05) is 22.9 Å².